The van der Waals surface area contributed by atoms with Crippen LogP contribution in [0.1, 0.15) is 23.7 Å². The van der Waals surface area contributed by atoms with Crippen molar-refractivity contribution in [1.29, 1.82) is 0 Å². The Kier molecular flexibility index (Phi) is 5.72. The summed E-state index contributed by atoms with van der Waals surface area (Å²) in [6.07, 6.45) is 2.26. The Labute approximate surface area is 113 Å². The first kappa shape index (κ1) is 15.4. The summed E-state index contributed by atoms with van der Waals surface area (Å²) in [5.41, 5.74) is 0.307. The summed E-state index contributed by atoms with van der Waals surface area (Å²) in [5.74, 6) is -0.326. The van der Waals surface area contributed by atoms with Crippen LogP contribution in [-0.2, 0) is 10.0 Å². The van der Waals surface area contributed by atoms with Crippen molar-refractivity contribution in [2.45, 2.75) is 18.2 Å². The molecule has 0 aliphatic rings. The van der Waals surface area contributed by atoms with Gasteiger partial charge in [0.05, 0.1) is 4.90 Å². The third-order valence-corrected chi connectivity index (χ3v) is 3.81. The number of carbonyl (C=O) groups is 1. The highest BCUT2D eigenvalue weighted by Gasteiger charge is 2.15. The van der Waals surface area contributed by atoms with E-state index in [1.54, 1.807) is 18.2 Å². The lowest BCUT2D eigenvalue weighted by Gasteiger charge is -2.07. The Morgan fingerprint density at radius 1 is 1.42 bits per heavy atom. The van der Waals surface area contributed by atoms with Crippen LogP contribution in [0.4, 0.5) is 0 Å². The van der Waals surface area contributed by atoms with Gasteiger partial charge in [-0.25, -0.2) is 13.1 Å². The molecular formula is C13H18N2O3S. The summed E-state index contributed by atoms with van der Waals surface area (Å²) >= 11 is 0. The van der Waals surface area contributed by atoms with E-state index in [-0.39, 0.29) is 10.8 Å². The molecular weight excluding hydrogens is 264 g/mol. The molecule has 0 fully saturated rings. The first-order chi connectivity index (χ1) is 9.01. The third kappa shape index (κ3) is 4.50. The monoisotopic (exact) mass is 282 g/mol. The molecule has 0 unspecified atom stereocenters. The highest BCUT2D eigenvalue weighted by Crippen LogP contribution is 2.11. The number of amides is 1. The number of rotatable bonds is 7. The largest absolute Gasteiger partial charge is 0.349 e. The smallest absolute Gasteiger partial charge is 0.251 e. The van der Waals surface area contributed by atoms with E-state index in [4.69, 9.17) is 0 Å². The average Bonchev–Trinajstić information content (AvgIpc) is 2.42. The Morgan fingerprint density at radius 3 is 2.79 bits per heavy atom. The summed E-state index contributed by atoms with van der Waals surface area (Å²) in [6.45, 7) is 6.08. The van der Waals surface area contributed by atoms with Crippen LogP contribution in [0, 0.1) is 0 Å². The molecule has 1 aromatic rings. The van der Waals surface area contributed by atoms with E-state index in [1.165, 1.54) is 12.1 Å². The van der Waals surface area contributed by atoms with Crippen molar-refractivity contribution < 1.29 is 13.2 Å². The summed E-state index contributed by atoms with van der Waals surface area (Å²) in [5, 5.41) is 2.60. The van der Waals surface area contributed by atoms with Crippen LogP contribution < -0.4 is 10.0 Å². The van der Waals surface area contributed by atoms with E-state index < -0.39 is 10.0 Å². The lowest BCUT2D eigenvalue weighted by Crippen LogP contribution is -2.26. The zero-order chi connectivity index (χ0) is 14.3. The van der Waals surface area contributed by atoms with E-state index in [9.17, 15) is 13.2 Å². The van der Waals surface area contributed by atoms with E-state index in [1.807, 2.05) is 6.92 Å². The van der Waals surface area contributed by atoms with E-state index >= 15 is 0 Å². The van der Waals surface area contributed by atoms with Crippen LogP contribution in [-0.4, -0.2) is 27.4 Å². The first-order valence-corrected chi connectivity index (χ1v) is 7.48. The van der Waals surface area contributed by atoms with Gasteiger partial charge in [0.1, 0.15) is 0 Å². The van der Waals surface area contributed by atoms with Crippen molar-refractivity contribution in [3.8, 4) is 0 Å². The molecule has 0 atom stereocenters. The molecule has 19 heavy (non-hydrogen) atoms. The predicted molar refractivity (Wildman–Crippen MR) is 74.5 cm³/mol. The topological polar surface area (TPSA) is 75.3 Å². The minimum Gasteiger partial charge on any atom is -0.349 e. The molecule has 0 saturated carbocycles. The summed E-state index contributed by atoms with van der Waals surface area (Å²) in [4.78, 5) is 11.8. The molecule has 0 aliphatic carbocycles. The standard InChI is InChI=1S/C13H18N2O3S/c1-3-8-14-13(16)11-6-5-7-12(10-11)19(17,18)15-9-4-2/h3,5-7,10,15H,1,4,8-9H2,2H3,(H,14,16). The van der Waals surface area contributed by atoms with Crippen molar-refractivity contribution in [2.75, 3.05) is 13.1 Å². The molecule has 1 aromatic carbocycles. The molecule has 5 nitrogen and oxygen atoms in total. The van der Waals surface area contributed by atoms with E-state index in [0.29, 0.717) is 25.1 Å². The van der Waals surface area contributed by atoms with Crippen molar-refractivity contribution in [1.82, 2.24) is 10.0 Å². The van der Waals surface area contributed by atoms with Gasteiger partial charge >= 0.3 is 0 Å². The molecule has 0 radical (unpaired) electrons. The number of benzene rings is 1. The van der Waals surface area contributed by atoms with Gasteiger partial charge in [-0.1, -0.05) is 19.1 Å². The van der Waals surface area contributed by atoms with Crippen LogP contribution in [0.2, 0.25) is 0 Å². The lowest BCUT2D eigenvalue weighted by molar-refractivity contribution is 0.0958. The average molecular weight is 282 g/mol. The minimum absolute atomic E-state index is 0.0900. The molecule has 0 bridgehead atoms. The molecule has 0 aliphatic heterocycles. The van der Waals surface area contributed by atoms with E-state index in [2.05, 4.69) is 16.6 Å². The van der Waals surface area contributed by atoms with Crippen LogP contribution in [0.3, 0.4) is 0 Å². The van der Waals surface area contributed by atoms with Gasteiger partial charge in [0.2, 0.25) is 10.0 Å². The Morgan fingerprint density at radius 2 is 2.16 bits per heavy atom. The number of nitrogens with one attached hydrogen (secondary N) is 2. The number of hydrogen-bond acceptors (Lipinski definition) is 3. The fourth-order valence-electron chi connectivity index (χ4n) is 1.39. The Balaban J connectivity index is 2.93. The number of carbonyl (C=O) groups excluding carboxylic acids is 1. The molecule has 0 saturated heterocycles. The fourth-order valence-corrected chi connectivity index (χ4v) is 2.57. The number of sulfonamides is 1. The molecule has 6 heteroatoms. The maximum atomic E-state index is 11.9. The maximum Gasteiger partial charge on any atom is 0.251 e. The molecule has 1 amide bonds. The summed E-state index contributed by atoms with van der Waals surface area (Å²) in [7, 11) is -3.55. The molecule has 1 rings (SSSR count). The molecule has 2 N–H and O–H groups in total. The molecule has 0 aromatic heterocycles. The Bertz CT molecular complexity index is 553. The normalized spacial score (nSPS) is 11.0. The fraction of sp³-hybridized carbons (Fsp3) is 0.308. The predicted octanol–water partition coefficient (Wildman–Crippen LogP) is 1.29. The minimum atomic E-state index is -3.55. The van der Waals surface area contributed by atoms with Gasteiger partial charge in [0.15, 0.2) is 0 Å². The second-order valence-electron chi connectivity index (χ2n) is 3.92. The Hall–Kier alpha value is -1.66. The van der Waals surface area contributed by atoms with Crippen molar-refractivity contribution in [2.24, 2.45) is 0 Å². The quantitative estimate of drug-likeness (QED) is 0.740. The van der Waals surface area contributed by atoms with Crippen LogP contribution in [0.5, 0.6) is 0 Å². The van der Waals surface area contributed by atoms with Gasteiger partial charge in [0.25, 0.3) is 5.91 Å². The highest BCUT2D eigenvalue weighted by molar-refractivity contribution is 7.89. The van der Waals surface area contributed by atoms with Crippen molar-refractivity contribution in [3.63, 3.8) is 0 Å². The lowest BCUT2D eigenvalue weighted by atomic mass is 10.2. The first-order valence-electron chi connectivity index (χ1n) is 6.00. The van der Waals surface area contributed by atoms with Crippen LogP contribution >= 0.6 is 0 Å². The van der Waals surface area contributed by atoms with Gasteiger partial charge in [-0.05, 0) is 24.6 Å². The molecule has 104 valence electrons. The molecule has 0 heterocycles. The zero-order valence-corrected chi connectivity index (χ0v) is 11.7. The van der Waals surface area contributed by atoms with Gasteiger partial charge in [-0.2, -0.15) is 0 Å². The van der Waals surface area contributed by atoms with Gasteiger partial charge in [-0.15, -0.1) is 6.58 Å². The zero-order valence-electron chi connectivity index (χ0n) is 10.8. The second kappa shape index (κ2) is 7.06. The van der Waals surface area contributed by atoms with Crippen molar-refractivity contribution in [3.05, 3.63) is 42.5 Å². The number of hydrogen-bond donors (Lipinski definition) is 2. The summed E-state index contributed by atoms with van der Waals surface area (Å²) in [6, 6.07) is 5.93. The SMILES string of the molecule is C=CCNC(=O)c1cccc(S(=O)(=O)NCCC)c1. The van der Waals surface area contributed by atoms with Crippen molar-refractivity contribution >= 4 is 15.9 Å². The molecule has 0 spiro atoms. The maximum absolute atomic E-state index is 11.9. The van der Waals surface area contributed by atoms with Crippen LogP contribution in [0.25, 0.3) is 0 Å². The second-order valence-corrected chi connectivity index (χ2v) is 5.69. The third-order valence-electron chi connectivity index (χ3n) is 2.36. The van der Waals surface area contributed by atoms with Gasteiger partial charge in [-0.3, -0.25) is 4.79 Å². The van der Waals surface area contributed by atoms with E-state index in [0.717, 1.165) is 0 Å². The highest BCUT2D eigenvalue weighted by atomic mass is 32.2. The summed E-state index contributed by atoms with van der Waals surface area (Å²) < 4.78 is 26.3. The van der Waals surface area contributed by atoms with Gasteiger partial charge < -0.3 is 5.32 Å². The van der Waals surface area contributed by atoms with Crippen LogP contribution in [0.15, 0.2) is 41.8 Å². The van der Waals surface area contributed by atoms with Gasteiger partial charge in [0, 0.05) is 18.7 Å².